The maximum atomic E-state index is 14.3. The molecule has 0 radical (unpaired) electrons. The van der Waals surface area contributed by atoms with Crippen LogP contribution in [0.1, 0.15) is 5.56 Å². The summed E-state index contributed by atoms with van der Waals surface area (Å²) in [6.45, 7) is 0. The highest BCUT2D eigenvalue weighted by Gasteiger charge is 2.13. The number of nitrogens with zero attached hydrogens (tertiary/aromatic N) is 1. The van der Waals surface area contributed by atoms with E-state index in [2.05, 4.69) is 4.98 Å². The minimum atomic E-state index is -2.10. The molecule has 1 heterocycles. The van der Waals surface area contributed by atoms with E-state index in [1.54, 1.807) is 30.5 Å². The summed E-state index contributed by atoms with van der Waals surface area (Å²) in [5, 5.41) is 0.495. The van der Waals surface area contributed by atoms with Gasteiger partial charge in [0.25, 0.3) is 0 Å². The summed E-state index contributed by atoms with van der Waals surface area (Å²) in [6.07, 6.45) is 1.63. The summed E-state index contributed by atoms with van der Waals surface area (Å²) in [6, 6.07) is 13.5. The number of aromatic nitrogens is 1. The summed E-state index contributed by atoms with van der Waals surface area (Å²) in [7, 11) is 1.54. The van der Waals surface area contributed by atoms with E-state index in [0.29, 0.717) is 22.0 Å². The van der Waals surface area contributed by atoms with Crippen molar-refractivity contribution in [1.82, 2.24) is 4.98 Å². The van der Waals surface area contributed by atoms with Gasteiger partial charge >= 0.3 is 0 Å². The fraction of sp³-hybridized carbons (Fsp3) is 0.105. The van der Waals surface area contributed by atoms with E-state index in [1.807, 2.05) is 12.1 Å². The molecule has 0 amide bonds. The second-order valence-corrected chi connectivity index (χ2v) is 6.86. The van der Waals surface area contributed by atoms with Gasteiger partial charge in [0, 0.05) is 22.9 Å². The molecule has 3 rings (SSSR count). The third-order valence-corrected chi connectivity index (χ3v) is 4.75. The summed E-state index contributed by atoms with van der Waals surface area (Å²) < 4.78 is 39.4. The molecule has 4 nitrogen and oxygen atoms in total. The minimum Gasteiger partial charge on any atom is -0.495 e. The molecule has 134 valence electrons. The Balaban J connectivity index is 2.08. The van der Waals surface area contributed by atoms with Crippen molar-refractivity contribution >= 4 is 22.7 Å². The Kier molecular flexibility index (Phi) is 5.66. The van der Waals surface area contributed by atoms with Gasteiger partial charge in [-0.15, -0.1) is 0 Å². The molecule has 0 spiro atoms. The topological polar surface area (TPSA) is 59.4 Å². The molecule has 26 heavy (non-hydrogen) atoms. The smallest absolute Gasteiger partial charge is 0.157 e. The van der Waals surface area contributed by atoms with Gasteiger partial charge in [0.1, 0.15) is 11.6 Å². The van der Waals surface area contributed by atoms with Crippen molar-refractivity contribution in [1.29, 1.82) is 0 Å². The van der Waals surface area contributed by atoms with Crippen LogP contribution in [0, 0.1) is 5.82 Å². The van der Waals surface area contributed by atoms with Gasteiger partial charge in [-0.05, 0) is 29.8 Å². The van der Waals surface area contributed by atoms with Crippen LogP contribution >= 0.6 is 11.6 Å². The lowest BCUT2D eigenvalue weighted by atomic mass is 9.98. The van der Waals surface area contributed by atoms with E-state index >= 15 is 0 Å². The van der Waals surface area contributed by atoms with Crippen LogP contribution in [0.4, 0.5) is 4.39 Å². The van der Waals surface area contributed by atoms with Crippen molar-refractivity contribution in [2.24, 2.45) is 0 Å². The van der Waals surface area contributed by atoms with E-state index < -0.39 is 16.9 Å². The predicted octanol–water partition coefficient (Wildman–Crippen LogP) is 4.94. The van der Waals surface area contributed by atoms with Crippen molar-refractivity contribution in [2.75, 3.05) is 7.11 Å². The molecule has 0 aliphatic rings. The lowest BCUT2D eigenvalue weighted by molar-refractivity contribution is 0.415. The van der Waals surface area contributed by atoms with E-state index in [4.69, 9.17) is 20.9 Å². The molecular formula is C19H15ClFNO3S. The molecular weight excluding hydrogens is 377 g/mol. The Labute approximate surface area is 157 Å². The van der Waals surface area contributed by atoms with Gasteiger partial charge in [-0.2, -0.15) is 0 Å². The Bertz CT molecular complexity index is 981. The minimum absolute atomic E-state index is 0.181. The molecule has 0 aliphatic heterocycles. The molecule has 0 fully saturated rings. The van der Waals surface area contributed by atoms with Gasteiger partial charge in [-0.3, -0.25) is 4.98 Å². The zero-order valence-electron chi connectivity index (χ0n) is 13.8. The fourth-order valence-corrected chi connectivity index (χ4v) is 3.34. The molecule has 1 atom stereocenters. The molecule has 0 saturated heterocycles. The SMILES string of the molecule is COc1cc(-c2cccnc2-c2ccc(CS(=O)O)c(F)c2)ccc1Cl. The first-order valence-corrected chi connectivity index (χ1v) is 9.30. The molecule has 0 aliphatic carbocycles. The number of pyridine rings is 1. The number of halogens is 2. The summed E-state index contributed by atoms with van der Waals surface area (Å²) in [5.41, 5.74) is 2.96. The Morgan fingerprint density at radius 1 is 1.19 bits per heavy atom. The number of benzene rings is 2. The van der Waals surface area contributed by atoms with Crippen LogP contribution in [-0.4, -0.2) is 20.9 Å². The predicted molar refractivity (Wildman–Crippen MR) is 101 cm³/mol. The van der Waals surface area contributed by atoms with Crippen molar-refractivity contribution in [3.05, 3.63) is 71.1 Å². The maximum absolute atomic E-state index is 14.3. The van der Waals surface area contributed by atoms with Crippen molar-refractivity contribution in [3.63, 3.8) is 0 Å². The number of hydrogen-bond donors (Lipinski definition) is 1. The zero-order valence-corrected chi connectivity index (χ0v) is 15.4. The van der Waals surface area contributed by atoms with Gasteiger partial charge in [-0.1, -0.05) is 35.9 Å². The van der Waals surface area contributed by atoms with E-state index in [1.165, 1.54) is 19.2 Å². The summed E-state index contributed by atoms with van der Waals surface area (Å²) in [5.74, 6) is -0.267. The van der Waals surface area contributed by atoms with E-state index in [9.17, 15) is 8.60 Å². The van der Waals surface area contributed by atoms with Crippen LogP contribution in [0.2, 0.25) is 5.02 Å². The Morgan fingerprint density at radius 2 is 1.96 bits per heavy atom. The number of hydrogen-bond acceptors (Lipinski definition) is 3. The summed E-state index contributed by atoms with van der Waals surface area (Å²) >= 11 is 3.98. The second-order valence-electron chi connectivity index (χ2n) is 5.52. The normalized spacial score (nSPS) is 12.0. The third kappa shape index (κ3) is 3.93. The highest BCUT2D eigenvalue weighted by Crippen LogP contribution is 2.35. The second kappa shape index (κ2) is 7.95. The van der Waals surface area contributed by atoms with E-state index in [0.717, 1.165) is 11.1 Å². The van der Waals surface area contributed by atoms with Crippen LogP contribution in [0.15, 0.2) is 54.7 Å². The molecule has 7 heteroatoms. The highest BCUT2D eigenvalue weighted by molar-refractivity contribution is 7.78. The third-order valence-electron chi connectivity index (χ3n) is 3.88. The quantitative estimate of drug-likeness (QED) is 0.626. The molecule has 0 saturated carbocycles. The van der Waals surface area contributed by atoms with Crippen molar-refractivity contribution < 1.29 is 17.9 Å². The Morgan fingerprint density at radius 3 is 2.65 bits per heavy atom. The van der Waals surface area contributed by atoms with Gasteiger partial charge in [0.05, 0.1) is 23.6 Å². The molecule has 1 aromatic heterocycles. The summed E-state index contributed by atoms with van der Waals surface area (Å²) in [4.78, 5) is 4.39. The molecule has 1 N–H and O–H groups in total. The molecule has 3 aromatic rings. The Hall–Kier alpha value is -2.28. The van der Waals surface area contributed by atoms with Crippen molar-refractivity contribution in [3.8, 4) is 28.1 Å². The van der Waals surface area contributed by atoms with Crippen LogP contribution in [0.3, 0.4) is 0 Å². The van der Waals surface area contributed by atoms with Gasteiger partial charge < -0.3 is 9.29 Å². The maximum Gasteiger partial charge on any atom is 0.157 e. The average Bonchev–Trinajstić information content (AvgIpc) is 2.63. The van der Waals surface area contributed by atoms with Crippen LogP contribution in [0.5, 0.6) is 5.75 Å². The van der Waals surface area contributed by atoms with Gasteiger partial charge in [0.15, 0.2) is 11.1 Å². The molecule has 2 aromatic carbocycles. The zero-order chi connectivity index (χ0) is 18.7. The first-order valence-electron chi connectivity index (χ1n) is 7.65. The highest BCUT2D eigenvalue weighted by atomic mass is 35.5. The van der Waals surface area contributed by atoms with Gasteiger partial charge in [0.2, 0.25) is 0 Å². The van der Waals surface area contributed by atoms with E-state index in [-0.39, 0.29) is 11.3 Å². The molecule has 1 unspecified atom stereocenters. The van der Waals surface area contributed by atoms with Crippen LogP contribution in [-0.2, 0) is 16.8 Å². The number of methoxy groups -OCH3 is 1. The lowest BCUT2D eigenvalue weighted by Gasteiger charge is -2.12. The van der Waals surface area contributed by atoms with Gasteiger partial charge in [-0.25, -0.2) is 8.60 Å². The number of rotatable bonds is 5. The van der Waals surface area contributed by atoms with Crippen molar-refractivity contribution in [2.45, 2.75) is 5.75 Å². The average molecular weight is 392 g/mol. The monoisotopic (exact) mass is 391 g/mol. The standard InChI is InChI=1S/C19H15ClFNO3S/c1-25-18-10-12(6-7-16(18)20)15-3-2-8-22-19(15)13-4-5-14(11-26(23)24)17(21)9-13/h2-10H,11H2,1H3,(H,23,24). The largest absolute Gasteiger partial charge is 0.495 e. The molecule has 0 bridgehead atoms. The first-order chi connectivity index (χ1) is 12.5. The first kappa shape index (κ1) is 18.5. The lowest BCUT2D eigenvalue weighted by Crippen LogP contribution is -1.98. The van der Waals surface area contributed by atoms with Crippen LogP contribution < -0.4 is 4.74 Å². The fourth-order valence-electron chi connectivity index (χ4n) is 2.64. The van der Waals surface area contributed by atoms with Crippen LogP contribution in [0.25, 0.3) is 22.4 Å². The number of ether oxygens (including phenoxy) is 1.